The summed E-state index contributed by atoms with van der Waals surface area (Å²) >= 11 is 0. The Labute approximate surface area is 105 Å². The molecule has 3 nitrogen and oxygen atoms in total. The van der Waals surface area contributed by atoms with E-state index < -0.39 is 0 Å². The van der Waals surface area contributed by atoms with Crippen LogP contribution in [0.25, 0.3) is 0 Å². The first-order valence-corrected chi connectivity index (χ1v) is 6.79. The van der Waals surface area contributed by atoms with Gasteiger partial charge in [-0.05, 0) is 11.8 Å². The lowest BCUT2D eigenvalue weighted by Crippen LogP contribution is -2.25. The molecule has 0 aromatic carbocycles. The van der Waals surface area contributed by atoms with Gasteiger partial charge in [0.2, 0.25) is 0 Å². The Morgan fingerprint density at radius 2 is 2.12 bits per heavy atom. The Balaban J connectivity index is 2.22. The molecule has 0 bridgehead atoms. The lowest BCUT2D eigenvalue weighted by molar-refractivity contribution is 0.344. The summed E-state index contributed by atoms with van der Waals surface area (Å²) in [6, 6.07) is 0. The Morgan fingerprint density at radius 1 is 1.35 bits per heavy atom. The van der Waals surface area contributed by atoms with Gasteiger partial charge in [-0.2, -0.15) is 0 Å². The van der Waals surface area contributed by atoms with Crippen molar-refractivity contribution in [2.75, 3.05) is 6.54 Å². The molecule has 1 N–H and O–H groups in total. The van der Waals surface area contributed by atoms with Crippen molar-refractivity contribution in [1.82, 2.24) is 14.9 Å². The largest absolute Gasteiger partial charge is 0.332 e. The number of fused-ring (bicyclic) bond motifs is 1. The van der Waals surface area contributed by atoms with Gasteiger partial charge in [0.25, 0.3) is 0 Å². The smallest absolute Gasteiger partial charge is 0.108 e. The minimum absolute atomic E-state index is 0.398. The molecule has 0 amide bonds. The molecule has 0 spiro atoms. The summed E-state index contributed by atoms with van der Waals surface area (Å²) in [4.78, 5) is 4.77. The van der Waals surface area contributed by atoms with Gasteiger partial charge in [-0.1, -0.05) is 27.7 Å². The monoisotopic (exact) mass is 235 g/mol. The molecule has 0 atom stereocenters. The number of rotatable bonds is 3. The fraction of sp³-hybridized carbons (Fsp3) is 0.786. The molecule has 2 heterocycles. The van der Waals surface area contributed by atoms with Crippen molar-refractivity contribution >= 4 is 0 Å². The zero-order valence-electron chi connectivity index (χ0n) is 11.6. The SMILES string of the molecule is CCc1nc2c(n1CCC(C)(C)C)CCNC2. The highest BCUT2D eigenvalue weighted by Gasteiger charge is 2.20. The zero-order valence-corrected chi connectivity index (χ0v) is 11.6. The second kappa shape index (κ2) is 4.81. The predicted octanol–water partition coefficient (Wildman–Crippen LogP) is 2.53. The number of nitrogens with zero attached hydrogens (tertiary/aromatic N) is 2. The third kappa shape index (κ3) is 2.89. The van der Waals surface area contributed by atoms with Crippen LogP contribution in [-0.4, -0.2) is 16.1 Å². The van der Waals surface area contributed by atoms with Crippen molar-refractivity contribution in [3.05, 3.63) is 17.2 Å². The molecule has 0 unspecified atom stereocenters. The van der Waals surface area contributed by atoms with Crippen LogP contribution in [0.2, 0.25) is 0 Å². The van der Waals surface area contributed by atoms with Crippen LogP contribution in [0.1, 0.15) is 51.3 Å². The van der Waals surface area contributed by atoms with E-state index in [-0.39, 0.29) is 0 Å². The van der Waals surface area contributed by atoms with Gasteiger partial charge >= 0.3 is 0 Å². The van der Waals surface area contributed by atoms with Crippen LogP contribution in [0.5, 0.6) is 0 Å². The number of hydrogen-bond donors (Lipinski definition) is 1. The molecule has 0 aliphatic carbocycles. The average molecular weight is 235 g/mol. The van der Waals surface area contributed by atoms with Crippen molar-refractivity contribution in [2.24, 2.45) is 5.41 Å². The van der Waals surface area contributed by atoms with E-state index in [0.717, 1.165) is 32.5 Å². The van der Waals surface area contributed by atoms with Crippen molar-refractivity contribution < 1.29 is 0 Å². The molecule has 1 aromatic heterocycles. The summed E-state index contributed by atoms with van der Waals surface area (Å²) in [5, 5.41) is 3.40. The lowest BCUT2D eigenvalue weighted by atomic mass is 9.92. The van der Waals surface area contributed by atoms with Crippen LogP contribution in [0.4, 0.5) is 0 Å². The van der Waals surface area contributed by atoms with E-state index in [2.05, 4.69) is 37.6 Å². The van der Waals surface area contributed by atoms with E-state index in [1.807, 2.05) is 0 Å². The van der Waals surface area contributed by atoms with Crippen molar-refractivity contribution in [1.29, 1.82) is 0 Å². The second-order valence-corrected chi connectivity index (χ2v) is 6.16. The van der Waals surface area contributed by atoms with E-state index in [9.17, 15) is 0 Å². The van der Waals surface area contributed by atoms with E-state index in [1.54, 1.807) is 0 Å². The van der Waals surface area contributed by atoms with Gasteiger partial charge < -0.3 is 9.88 Å². The number of hydrogen-bond acceptors (Lipinski definition) is 2. The molecule has 1 aliphatic heterocycles. The van der Waals surface area contributed by atoms with E-state index in [0.29, 0.717) is 5.41 Å². The average Bonchev–Trinajstić information content (AvgIpc) is 2.63. The molecule has 17 heavy (non-hydrogen) atoms. The Bertz CT molecular complexity index is 385. The van der Waals surface area contributed by atoms with Crippen LogP contribution >= 0.6 is 0 Å². The standard InChI is InChI=1S/C14H25N3/c1-5-13-16-11-10-15-8-6-12(11)17(13)9-7-14(2,3)4/h15H,5-10H2,1-4H3. The first-order chi connectivity index (χ1) is 8.01. The Kier molecular flexibility index (Phi) is 3.57. The van der Waals surface area contributed by atoms with Gasteiger partial charge in [-0.25, -0.2) is 4.98 Å². The molecular weight excluding hydrogens is 210 g/mol. The van der Waals surface area contributed by atoms with E-state index >= 15 is 0 Å². The summed E-state index contributed by atoms with van der Waals surface area (Å²) in [7, 11) is 0. The van der Waals surface area contributed by atoms with E-state index in [1.165, 1.54) is 23.6 Å². The predicted molar refractivity (Wildman–Crippen MR) is 71.1 cm³/mol. The number of nitrogens with one attached hydrogen (secondary N) is 1. The van der Waals surface area contributed by atoms with Crippen LogP contribution in [0.3, 0.4) is 0 Å². The molecule has 1 aliphatic rings. The summed E-state index contributed by atoms with van der Waals surface area (Å²) < 4.78 is 2.47. The molecule has 0 radical (unpaired) electrons. The molecule has 0 saturated heterocycles. The van der Waals surface area contributed by atoms with Gasteiger partial charge in [-0.3, -0.25) is 0 Å². The van der Waals surface area contributed by atoms with Crippen LogP contribution in [-0.2, 0) is 25.9 Å². The lowest BCUT2D eigenvalue weighted by Gasteiger charge is -2.21. The summed E-state index contributed by atoms with van der Waals surface area (Å²) in [6.07, 6.45) is 3.39. The Hall–Kier alpha value is -0.830. The molecule has 1 aromatic rings. The topological polar surface area (TPSA) is 29.9 Å². The highest BCUT2D eigenvalue weighted by atomic mass is 15.1. The second-order valence-electron chi connectivity index (χ2n) is 6.16. The zero-order chi connectivity index (χ0) is 12.5. The molecule has 0 saturated carbocycles. The molecule has 0 fully saturated rings. The third-order valence-corrected chi connectivity index (χ3v) is 3.47. The number of aromatic nitrogens is 2. The summed E-state index contributed by atoms with van der Waals surface area (Å²) in [5.41, 5.74) is 3.15. The first kappa shape index (κ1) is 12.6. The number of aryl methyl sites for hydroxylation is 1. The maximum absolute atomic E-state index is 4.77. The maximum Gasteiger partial charge on any atom is 0.108 e. The fourth-order valence-electron chi connectivity index (χ4n) is 2.41. The Morgan fingerprint density at radius 3 is 2.76 bits per heavy atom. The van der Waals surface area contributed by atoms with Crippen molar-refractivity contribution in [2.45, 2.75) is 60.0 Å². The van der Waals surface area contributed by atoms with Gasteiger partial charge in [0.05, 0.1) is 5.69 Å². The third-order valence-electron chi connectivity index (χ3n) is 3.47. The maximum atomic E-state index is 4.77. The normalized spacial score (nSPS) is 16.0. The highest BCUT2D eigenvalue weighted by molar-refractivity contribution is 5.20. The fourth-order valence-corrected chi connectivity index (χ4v) is 2.41. The molecule has 3 heteroatoms. The minimum atomic E-state index is 0.398. The van der Waals surface area contributed by atoms with Gasteiger partial charge in [-0.15, -0.1) is 0 Å². The van der Waals surface area contributed by atoms with Crippen LogP contribution in [0, 0.1) is 5.41 Å². The molecule has 2 rings (SSSR count). The number of imidazole rings is 1. The van der Waals surface area contributed by atoms with E-state index in [4.69, 9.17) is 4.98 Å². The first-order valence-electron chi connectivity index (χ1n) is 6.79. The quantitative estimate of drug-likeness (QED) is 0.872. The van der Waals surface area contributed by atoms with Crippen molar-refractivity contribution in [3.63, 3.8) is 0 Å². The molecule has 96 valence electrons. The van der Waals surface area contributed by atoms with Crippen LogP contribution in [0.15, 0.2) is 0 Å². The summed E-state index contributed by atoms with van der Waals surface area (Å²) in [5.74, 6) is 1.27. The van der Waals surface area contributed by atoms with Crippen molar-refractivity contribution in [3.8, 4) is 0 Å². The minimum Gasteiger partial charge on any atom is -0.332 e. The van der Waals surface area contributed by atoms with Gasteiger partial charge in [0, 0.05) is 38.2 Å². The van der Waals surface area contributed by atoms with Gasteiger partial charge in [0.15, 0.2) is 0 Å². The highest BCUT2D eigenvalue weighted by Crippen LogP contribution is 2.23. The van der Waals surface area contributed by atoms with Crippen LogP contribution < -0.4 is 5.32 Å². The summed E-state index contributed by atoms with van der Waals surface area (Å²) in [6.45, 7) is 12.3. The molecular formula is C14H25N3. The van der Waals surface area contributed by atoms with Gasteiger partial charge in [0.1, 0.15) is 5.82 Å².